The Kier molecular flexibility index (Phi) is 4.98. The normalized spacial score (nSPS) is 13.2. The number of nitrogens with two attached hydrogens (primary N) is 1. The molecule has 2 atom stereocenters. The monoisotopic (exact) mass is 367 g/mol. The molecule has 0 aliphatic heterocycles. The van der Waals surface area contributed by atoms with Crippen LogP contribution in [0, 0.1) is 0 Å². The number of rotatable bonds is 5. The van der Waals surface area contributed by atoms with E-state index in [0.29, 0.717) is 0 Å². The van der Waals surface area contributed by atoms with Crippen molar-refractivity contribution in [3.8, 4) is 11.1 Å². The molecule has 0 aliphatic rings. The molecule has 0 saturated carbocycles. The number of nitrogen functional groups attached to an aromatic ring is 1. The third kappa shape index (κ3) is 3.44. The van der Waals surface area contributed by atoms with E-state index in [1.54, 1.807) is 0 Å². The van der Waals surface area contributed by atoms with Crippen LogP contribution in [0.5, 0.6) is 0 Å². The first-order valence-corrected chi connectivity index (χ1v) is 9.67. The maximum atomic E-state index is 6.03. The molecular weight excluding hydrogens is 342 g/mol. The van der Waals surface area contributed by atoms with Gasteiger partial charge in [-0.05, 0) is 41.3 Å². The first-order chi connectivity index (χ1) is 13.6. The Balaban J connectivity index is 1.75. The predicted molar refractivity (Wildman–Crippen MR) is 116 cm³/mol. The molecule has 140 valence electrons. The highest BCUT2D eigenvalue weighted by Crippen LogP contribution is 2.33. The molecule has 3 nitrogen and oxygen atoms in total. The SMILES string of the molecule is CC(c1ccccc1)c1nccn1C(C)c1ccccc1-c1cccc(N)c1. The van der Waals surface area contributed by atoms with E-state index in [1.807, 2.05) is 30.5 Å². The van der Waals surface area contributed by atoms with Gasteiger partial charge >= 0.3 is 0 Å². The topological polar surface area (TPSA) is 43.8 Å². The van der Waals surface area contributed by atoms with E-state index in [1.165, 1.54) is 16.7 Å². The van der Waals surface area contributed by atoms with Gasteiger partial charge in [-0.3, -0.25) is 0 Å². The summed E-state index contributed by atoms with van der Waals surface area (Å²) in [5.74, 6) is 1.29. The van der Waals surface area contributed by atoms with Crippen molar-refractivity contribution >= 4 is 5.69 Å². The van der Waals surface area contributed by atoms with Crippen LogP contribution in [0.2, 0.25) is 0 Å². The van der Waals surface area contributed by atoms with Gasteiger partial charge in [-0.2, -0.15) is 0 Å². The number of imidazole rings is 1. The van der Waals surface area contributed by atoms with Gasteiger partial charge in [0.15, 0.2) is 0 Å². The number of benzene rings is 3. The average Bonchev–Trinajstić information content (AvgIpc) is 3.23. The zero-order valence-electron chi connectivity index (χ0n) is 16.3. The fourth-order valence-electron chi connectivity index (χ4n) is 3.86. The second-order valence-electron chi connectivity index (χ2n) is 7.21. The molecule has 2 N–H and O–H groups in total. The number of hydrogen-bond acceptors (Lipinski definition) is 2. The minimum atomic E-state index is 0.154. The summed E-state index contributed by atoms with van der Waals surface area (Å²) in [6.07, 6.45) is 3.98. The Morgan fingerprint density at radius 1 is 0.857 bits per heavy atom. The largest absolute Gasteiger partial charge is 0.399 e. The van der Waals surface area contributed by atoms with Gasteiger partial charge in [-0.15, -0.1) is 0 Å². The molecule has 4 aromatic rings. The lowest BCUT2D eigenvalue weighted by molar-refractivity contribution is 0.588. The molecule has 1 aromatic heterocycles. The van der Waals surface area contributed by atoms with E-state index < -0.39 is 0 Å². The van der Waals surface area contributed by atoms with Gasteiger partial charge in [0.2, 0.25) is 0 Å². The Morgan fingerprint density at radius 2 is 1.61 bits per heavy atom. The molecule has 3 heteroatoms. The fourth-order valence-corrected chi connectivity index (χ4v) is 3.86. The van der Waals surface area contributed by atoms with E-state index >= 15 is 0 Å². The first kappa shape index (κ1) is 18.1. The molecule has 0 fully saturated rings. The van der Waals surface area contributed by atoms with Crippen LogP contribution in [-0.2, 0) is 0 Å². The summed E-state index contributed by atoms with van der Waals surface area (Å²) in [7, 11) is 0. The predicted octanol–water partition coefficient (Wildman–Crippen LogP) is 5.89. The lowest BCUT2D eigenvalue weighted by atomic mass is 9.94. The van der Waals surface area contributed by atoms with Crippen LogP contribution in [0.15, 0.2) is 91.3 Å². The summed E-state index contributed by atoms with van der Waals surface area (Å²) >= 11 is 0. The van der Waals surface area contributed by atoms with Gasteiger partial charge < -0.3 is 10.3 Å². The van der Waals surface area contributed by atoms with Gasteiger partial charge in [0, 0.05) is 24.0 Å². The van der Waals surface area contributed by atoms with Crippen molar-refractivity contribution in [2.24, 2.45) is 0 Å². The van der Waals surface area contributed by atoms with E-state index in [9.17, 15) is 0 Å². The summed E-state index contributed by atoms with van der Waals surface area (Å²) in [6, 6.07) is 27.3. The van der Waals surface area contributed by atoms with Crippen molar-refractivity contribution in [2.75, 3.05) is 5.73 Å². The van der Waals surface area contributed by atoms with Crippen LogP contribution in [0.4, 0.5) is 5.69 Å². The third-order valence-corrected chi connectivity index (χ3v) is 5.41. The van der Waals surface area contributed by atoms with Crippen molar-refractivity contribution < 1.29 is 0 Å². The fraction of sp³-hybridized carbons (Fsp3) is 0.160. The maximum Gasteiger partial charge on any atom is 0.116 e. The molecule has 0 amide bonds. The zero-order valence-corrected chi connectivity index (χ0v) is 16.3. The molecule has 1 heterocycles. The molecule has 3 aromatic carbocycles. The number of anilines is 1. The van der Waals surface area contributed by atoms with Crippen LogP contribution >= 0.6 is 0 Å². The summed E-state index contributed by atoms with van der Waals surface area (Å²) in [5.41, 5.74) is 11.7. The smallest absolute Gasteiger partial charge is 0.116 e. The minimum Gasteiger partial charge on any atom is -0.399 e. The Bertz CT molecular complexity index is 1070. The second-order valence-corrected chi connectivity index (χ2v) is 7.21. The molecule has 0 bridgehead atoms. The quantitative estimate of drug-likeness (QED) is 0.447. The second kappa shape index (κ2) is 7.73. The Labute approximate surface area is 166 Å². The van der Waals surface area contributed by atoms with Crippen LogP contribution in [0.3, 0.4) is 0 Å². The molecule has 4 rings (SSSR count). The molecule has 2 unspecified atom stereocenters. The molecular formula is C25H25N3. The first-order valence-electron chi connectivity index (χ1n) is 9.67. The van der Waals surface area contributed by atoms with Crippen LogP contribution in [-0.4, -0.2) is 9.55 Å². The van der Waals surface area contributed by atoms with Gasteiger partial charge in [-0.1, -0.05) is 73.7 Å². The number of aromatic nitrogens is 2. The molecule has 28 heavy (non-hydrogen) atoms. The zero-order chi connectivity index (χ0) is 19.5. The molecule has 0 aliphatic carbocycles. The lowest BCUT2D eigenvalue weighted by Crippen LogP contribution is -2.13. The van der Waals surface area contributed by atoms with Crippen molar-refractivity contribution in [3.05, 3.63) is 108 Å². The van der Waals surface area contributed by atoms with Gasteiger partial charge in [0.1, 0.15) is 5.82 Å². The van der Waals surface area contributed by atoms with Crippen LogP contribution < -0.4 is 5.73 Å². The Hall–Kier alpha value is -3.33. The molecule has 0 radical (unpaired) electrons. The lowest BCUT2D eigenvalue weighted by Gasteiger charge is -2.23. The highest BCUT2D eigenvalue weighted by Gasteiger charge is 2.20. The van der Waals surface area contributed by atoms with Crippen molar-refractivity contribution in [1.82, 2.24) is 9.55 Å². The van der Waals surface area contributed by atoms with Crippen molar-refractivity contribution in [2.45, 2.75) is 25.8 Å². The summed E-state index contributed by atoms with van der Waals surface area (Å²) in [4.78, 5) is 4.70. The number of hydrogen-bond donors (Lipinski definition) is 1. The highest BCUT2D eigenvalue weighted by molar-refractivity contribution is 5.71. The van der Waals surface area contributed by atoms with Gasteiger partial charge in [0.25, 0.3) is 0 Å². The maximum absolute atomic E-state index is 6.03. The van der Waals surface area contributed by atoms with E-state index in [2.05, 4.69) is 79.2 Å². The average molecular weight is 367 g/mol. The molecule has 0 saturated heterocycles. The summed E-state index contributed by atoms with van der Waals surface area (Å²) < 4.78 is 2.28. The van der Waals surface area contributed by atoms with E-state index in [-0.39, 0.29) is 12.0 Å². The van der Waals surface area contributed by atoms with Crippen molar-refractivity contribution in [3.63, 3.8) is 0 Å². The Morgan fingerprint density at radius 3 is 2.39 bits per heavy atom. The standard InChI is InChI=1S/C25H25N3/c1-18(20-9-4-3-5-10-20)25-27-15-16-28(25)19(2)23-13-6-7-14-24(23)21-11-8-12-22(26)17-21/h3-19H,26H2,1-2H3. The van der Waals surface area contributed by atoms with Crippen LogP contribution in [0.1, 0.15) is 42.8 Å². The van der Waals surface area contributed by atoms with E-state index in [4.69, 9.17) is 10.7 Å². The van der Waals surface area contributed by atoms with Gasteiger partial charge in [0.05, 0.1) is 6.04 Å². The number of nitrogens with zero attached hydrogens (tertiary/aromatic N) is 2. The van der Waals surface area contributed by atoms with Gasteiger partial charge in [-0.25, -0.2) is 4.98 Å². The van der Waals surface area contributed by atoms with Crippen LogP contribution in [0.25, 0.3) is 11.1 Å². The summed E-state index contributed by atoms with van der Waals surface area (Å²) in [5, 5.41) is 0. The minimum absolute atomic E-state index is 0.154. The van der Waals surface area contributed by atoms with E-state index in [0.717, 1.165) is 17.1 Å². The summed E-state index contributed by atoms with van der Waals surface area (Å²) in [6.45, 7) is 4.44. The molecule has 0 spiro atoms. The third-order valence-electron chi connectivity index (χ3n) is 5.41. The highest BCUT2D eigenvalue weighted by atomic mass is 15.1. The van der Waals surface area contributed by atoms with Crippen molar-refractivity contribution in [1.29, 1.82) is 0 Å².